The first-order valence-corrected chi connectivity index (χ1v) is 6.59. The van der Waals surface area contributed by atoms with E-state index in [-0.39, 0.29) is 24.2 Å². The number of oxime groups is 1. The topological polar surface area (TPSA) is 87.7 Å². The molecule has 92 valence electrons. The Labute approximate surface area is 99.8 Å². The Bertz CT molecular complexity index is 271. The second-order valence-corrected chi connectivity index (χ2v) is 5.38. The predicted octanol–water partition coefficient (Wildman–Crippen LogP) is 0.913. The van der Waals surface area contributed by atoms with Crippen LogP contribution in [0.4, 0.5) is 0 Å². The summed E-state index contributed by atoms with van der Waals surface area (Å²) in [7, 11) is 0. The molecule has 4 N–H and O–H groups in total. The van der Waals surface area contributed by atoms with Crippen LogP contribution in [0, 0.1) is 0 Å². The Balaban J connectivity index is 2.38. The van der Waals surface area contributed by atoms with Crippen molar-refractivity contribution < 1.29 is 10.0 Å². The van der Waals surface area contributed by atoms with Crippen molar-refractivity contribution in [2.75, 3.05) is 5.75 Å². The molecular formula is C10H19N3O2S. The smallest absolute Gasteiger partial charge is 0.227 e. The molecule has 1 amide bonds. The van der Waals surface area contributed by atoms with Crippen LogP contribution in [0.2, 0.25) is 0 Å². The molecule has 0 aromatic rings. The maximum Gasteiger partial charge on any atom is 0.227 e. The van der Waals surface area contributed by atoms with Crippen molar-refractivity contribution in [3.63, 3.8) is 0 Å². The largest absolute Gasteiger partial charge is 0.409 e. The van der Waals surface area contributed by atoms with E-state index in [1.165, 1.54) is 0 Å². The lowest BCUT2D eigenvalue weighted by molar-refractivity contribution is -0.120. The van der Waals surface area contributed by atoms with Crippen molar-refractivity contribution in [1.82, 2.24) is 5.32 Å². The van der Waals surface area contributed by atoms with Crippen LogP contribution in [-0.4, -0.2) is 34.0 Å². The van der Waals surface area contributed by atoms with Gasteiger partial charge in [-0.25, -0.2) is 0 Å². The van der Waals surface area contributed by atoms with Crippen molar-refractivity contribution in [2.24, 2.45) is 10.9 Å². The molecule has 1 saturated carbocycles. The fourth-order valence-corrected chi connectivity index (χ4v) is 3.16. The fraction of sp³-hybridized carbons (Fsp3) is 0.800. The quantitative estimate of drug-likeness (QED) is 0.291. The van der Waals surface area contributed by atoms with Gasteiger partial charge in [0, 0.05) is 11.3 Å². The van der Waals surface area contributed by atoms with Gasteiger partial charge in [0.05, 0.1) is 6.42 Å². The highest BCUT2D eigenvalue weighted by Crippen LogP contribution is 2.29. The van der Waals surface area contributed by atoms with Gasteiger partial charge in [0.25, 0.3) is 0 Å². The Hall–Kier alpha value is -0.910. The monoisotopic (exact) mass is 245 g/mol. The molecule has 0 radical (unpaired) electrons. The van der Waals surface area contributed by atoms with E-state index in [9.17, 15) is 4.79 Å². The van der Waals surface area contributed by atoms with E-state index in [2.05, 4.69) is 17.4 Å². The molecule has 1 fully saturated rings. The molecule has 2 unspecified atom stereocenters. The summed E-state index contributed by atoms with van der Waals surface area (Å²) < 4.78 is 0. The summed E-state index contributed by atoms with van der Waals surface area (Å²) in [4.78, 5) is 11.5. The van der Waals surface area contributed by atoms with E-state index in [0.717, 1.165) is 25.0 Å². The lowest BCUT2D eigenvalue weighted by atomic mass is 10.2. The van der Waals surface area contributed by atoms with E-state index < -0.39 is 0 Å². The summed E-state index contributed by atoms with van der Waals surface area (Å²) in [6, 6.07) is 0.240. The minimum Gasteiger partial charge on any atom is -0.409 e. The Kier molecular flexibility index (Phi) is 5.45. The number of hydrogen-bond donors (Lipinski definition) is 3. The van der Waals surface area contributed by atoms with Crippen LogP contribution in [0.5, 0.6) is 0 Å². The molecule has 1 aliphatic carbocycles. The van der Waals surface area contributed by atoms with Crippen LogP contribution in [0.3, 0.4) is 0 Å². The highest BCUT2D eigenvalue weighted by molar-refractivity contribution is 7.99. The number of carbonyl (C=O) groups excluding carboxylic acids is 1. The Morgan fingerprint density at radius 1 is 1.62 bits per heavy atom. The van der Waals surface area contributed by atoms with Crippen molar-refractivity contribution in [1.29, 1.82) is 0 Å². The molecule has 0 aromatic carbocycles. The van der Waals surface area contributed by atoms with Gasteiger partial charge >= 0.3 is 0 Å². The van der Waals surface area contributed by atoms with Crippen molar-refractivity contribution in [3.8, 4) is 0 Å². The second-order valence-electron chi connectivity index (χ2n) is 3.87. The third-order valence-corrected chi connectivity index (χ3v) is 3.98. The number of carbonyl (C=O) groups is 1. The number of amides is 1. The average molecular weight is 245 g/mol. The highest BCUT2D eigenvalue weighted by atomic mass is 32.2. The molecule has 0 aliphatic heterocycles. The molecule has 1 aliphatic rings. The fourth-order valence-electron chi connectivity index (χ4n) is 1.96. The van der Waals surface area contributed by atoms with Crippen LogP contribution in [0.15, 0.2) is 5.16 Å². The molecule has 16 heavy (non-hydrogen) atoms. The minimum atomic E-state index is -0.163. The number of nitrogens with two attached hydrogens (primary N) is 1. The maximum atomic E-state index is 11.5. The first-order valence-electron chi connectivity index (χ1n) is 5.54. The van der Waals surface area contributed by atoms with E-state index in [1.54, 1.807) is 0 Å². The zero-order chi connectivity index (χ0) is 12.0. The number of hydrogen-bond acceptors (Lipinski definition) is 4. The zero-order valence-corrected chi connectivity index (χ0v) is 10.3. The molecule has 0 saturated heterocycles. The third-order valence-electron chi connectivity index (χ3n) is 2.65. The van der Waals surface area contributed by atoms with Crippen LogP contribution in [0.1, 0.15) is 32.6 Å². The van der Waals surface area contributed by atoms with E-state index in [4.69, 9.17) is 10.9 Å². The number of nitrogens with zero attached hydrogens (tertiary/aromatic N) is 1. The van der Waals surface area contributed by atoms with Gasteiger partial charge in [-0.3, -0.25) is 4.79 Å². The summed E-state index contributed by atoms with van der Waals surface area (Å²) in [6.45, 7) is 2.12. The molecule has 6 heteroatoms. The minimum absolute atomic E-state index is 0.0312. The summed E-state index contributed by atoms with van der Waals surface area (Å²) >= 11 is 1.89. The third kappa shape index (κ3) is 3.92. The van der Waals surface area contributed by atoms with Gasteiger partial charge in [-0.1, -0.05) is 18.5 Å². The lowest BCUT2D eigenvalue weighted by Crippen LogP contribution is -2.40. The molecule has 2 atom stereocenters. The van der Waals surface area contributed by atoms with E-state index in [0.29, 0.717) is 5.25 Å². The van der Waals surface area contributed by atoms with Crippen molar-refractivity contribution in [3.05, 3.63) is 0 Å². The summed E-state index contributed by atoms with van der Waals surface area (Å²) in [6.07, 6.45) is 3.31. The number of amidine groups is 1. The normalized spacial score (nSPS) is 25.7. The van der Waals surface area contributed by atoms with Crippen LogP contribution >= 0.6 is 11.8 Å². The molecule has 5 nitrogen and oxygen atoms in total. The van der Waals surface area contributed by atoms with Gasteiger partial charge in [-0.15, -0.1) is 0 Å². The van der Waals surface area contributed by atoms with E-state index >= 15 is 0 Å². The molecule has 1 rings (SSSR count). The summed E-state index contributed by atoms with van der Waals surface area (Å²) in [5, 5.41) is 14.6. The number of thioether (sulfide) groups is 1. The molecular weight excluding hydrogens is 226 g/mol. The second kappa shape index (κ2) is 6.62. The maximum absolute atomic E-state index is 11.5. The molecule has 0 aromatic heterocycles. The Morgan fingerprint density at radius 2 is 2.38 bits per heavy atom. The predicted molar refractivity (Wildman–Crippen MR) is 65.7 cm³/mol. The van der Waals surface area contributed by atoms with E-state index in [1.807, 2.05) is 11.8 Å². The lowest BCUT2D eigenvalue weighted by Gasteiger charge is -2.19. The van der Waals surface area contributed by atoms with Gasteiger partial charge < -0.3 is 16.3 Å². The van der Waals surface area contributed by atoms with Crippen LogP contribution < -0.4 is 11.1 Å². The zero-order valence-electron chi connectivity index (χ0n) is 9.48. The van der Waals surface area contributed by atoms with Crippen molar-refractivity contribution in [2.45, 2.75) is 43.9 Å². The van der Waals surface area contributed by atoms with Gasteiger partial charge in [0.1, 0.15) is 5.84 Å². The highest BCUT2D eigenvalue weighted by Gasteiger charge is 2.28. The summed E-state index contributed by atoms with van der Waals surface area (Å²) in [5.41, 5.74) is 5.28. The van der Waals surface area contributed by atoms with Crippen molar-refractivity contribution >= 4 is 23.5 Å². The standard InChI is InChI=1S/C10H19N3O2S/c1-2-16-8-5-3-4-7(8)12-10(14)6-9(11)13-15/h7-8,15H,2-6H2,1H3,(H2,11,13)(H,12,14). The van der Waals surface area contributed by atoms with Gasteiger partial charge in [0.2, 0.25) is 5.91 Å². The molecule has 0 heterocycles. The van der Waals surface area contributed by atoms with Crippen LogP contribution in [-0.2, 0) is 4.79 Å². The summed E-state index contributed by atoms with van der Waals surface area (Å²) in [5.74, 6) is 0.858. The van der Waals surface area contributed by atoms with Gasteiger partial charge in [-0.2, -0.15) is 11.8 Å². The van der Waals surface area contributed by atoms with Gasteiger partial charge in [0.15, 0.2) is 0 Å². The first kappa shape index (κ1) is 13.2. The first-order chi connectivity index (χ1) is 7.67. The number of rotatable bonds is 5. The van der Waals surface area contributed by atoms with Gasteiger partial charge in [-0.05, 0) is 18.6 Å². The Morgan fingerprint density at radius 3 is 3.00 bits per heavy atom. The molecule has 0 bridgehead atoms. The SMILES string of the molecule is CCSC1CCCC1NC(=O)CC(N)=NO. The van der Waals surface area contributed by atoms with Crippen LogP contribution in [0.25, 0.3) is 0 Å². The number of nitrogens with one attached hydrogen (secondary N) is 1. The molecule has 0 spiro atoms. The average Bonchev–Trinajstić information content (AvgIpc) is 2.66.